The molecule has 0 aliphatic carbocycles. The zero-order chi connectivity index (χ0) is 37.2. The van der Waals surface area contributed by atoms with Crippen LogP contribution in [0.3, 0.4) is 0 Å². The first-order chi connectivity index (χ1) is 27.7. The minimum absolute atomic E-state index is 0.00432. The number of benzene rings is 7. The van der Waals surface area contributed by atoms with E-state index in [0.29, 0.717) is 5.39 Å². The molecular weight excluding hydrogens is 685 g/mol. The minimum Gasteiger partial charge on any atom is -0.353 e. The van der Waals surface area contributed by atoms with Gasteiger partial charge < -0.3 is 14.4 Å². The molecule has 5 heteroatoms. The van der Waals surface area contributed by atoms with Crippen LogP contribution in [-0.4, -0.2) is 18.8 Å². The number of aromatic amines is 2. The van der Waals surface area contributed by atoms with Crippen molar-refractivity contribution < 1.29 is 0 Å². The van der Waals surface area contributed by atoms with E-state index < -0.39 is 0 Å². The maximum absolute atomic E-state index is 14.0. The van der Waals surface area contributed by atoms with Crippen molar-refractivity contribution in [3.8, 4) is 45.0 Å². The van der Waals surface area contributed by atoms with Crippen molar-refractivity contribution >= 4 is 54.5 Å². The fourth-order valence-corrected chi connectivity index (χ4v) is 8.40. The quantitative estimate of drug-likeness (QED) is 0.187. The van der Waals surface area contributed by atoms with E-state index in [0.717, 1.165) is 72.3 Å². The van der Waals surface area contributed by atoms with E-state index >= 15 is 0 Å². The molecule has 2 N–H and O–H groups in total. The lowest BCUT2D eigenvalue weighted by atomic mass is 10.1. The van der Waals surface area contributed by atoms with Gasteiger partial charge in [-0.1, -0.05) is 158 Å². The zero-order valence-corrected chi connectivity index (χ0v) is 30.3. The summed E-state index contributed by atoms with van der Waals surface area (Å²) in [6.07, 6.45) is 0. The van der Waals surface area contributed by atoms with Crippen LogP contribution in [0.25, 0.3) is 99.5 Å². The first-order valence-corrected chi connectivity index (χ1v) is 18.9. The molecule has 0 aliphatic heterocycles. The summed E-state index contributed by atoms with van der Waals surface area (Å²) in [4.78, 5) is 21.2. The van der Waals surface area contributed by atoms with Gasteiger partial charge in [0.05, 0.1) is 44.4 Å². The largest absolute Gasteiger partial charge is 0.353 e. The second-order valence-electron chi connectivity index (χ2n) is 14.3. The van der Waals surface area contributed by atoms with Gasteiger partial charge in [0.2, 0.25) is 0 Å². The molecule has 12 rings (SSSR count). The van der Waals surface area contributed by atoms with Crippen molar-refractivity contribution in [1.29, 1.82) is 0 Å². The Balaban J connectivity index is 0.000000135. The molecule has 5 nitrogen and oxygen atoms in total. The standard InChI is InChI=1S/C29H18N2O.C22H16N2/c32-29-23-13-7-8-14-24(23)30-25(19-9-3-1-4-10-19)17-21-15-16-22-18-26(20-11-5-2-6-12-20)31(29)28(22)27(21)30;1-3-7-15(8-4-1)19-13-17-11-12-18-14-20(16-9-5-2-6-10-16)24-22(18)21(17)23-19/h1-18H;1-14,23-24H. The number of nitrogens with one attached hydrogen (secondary N) is 2. The summed E-state index contributed by atoms with van der Waals surface area (Å²) in [6, 6.07) is 66.8. The second kappa shape index (κ2) is 12.8. The lowest BCUT2D eigenvalue weighted by Crippen LogP contribution is -2.10. The number of aromatic nitrogens is 4. The maximum Gasteiger partial charge on any atom is 0.265 e. The normalized spacial score (nSPS) is 11.6. The Kier molecular flexibility index (Phi) is 7.25. The van der Waals surface area contributed by atoms with Crippen LogP contribution in [0.5, 0.6) is 0 Å². The van der Waals surface area contributed by atoms with Crippen LogP contribution >= 0.6 is 0 Å². The molecule has 5 aromatic heterocycles. The Hall–Kier alpha value is -7.63. The van der Waals surface area contributed by atoms with Crippen LogP contribution in [0.15, 0.2) is 199 Å². The summed E-state index contributed by atoms with van der Waals surface area (Å²) >= 11 is 0. The van der Waals surface area contributed by atoms with Gasteiger partial charge in [0.1, 0.15) is 0 Å². The van der Waals surface area contributed by atoms with Crippen molar-refractivity contribution in [2.75, 3.05) is 0 Å². The van der Waals surface area contributed by atoms with Crippen LogP contribution < -0.4 is 5.56 Å². The molecule has 0 spiro atoms. The van der Waals surface area contributed by atoms with Crippen molar-refractivity contribution in [3.05, 3.63) is 204 Å². The molecule has 0 unspecified atom stereocenters. The van der Waals surface area contributed by atoms with E-state index in [-0.39, 0.29) is 5.56 Å². The van der Waals surface area contributed by atoms with Crippen molar-refractivity contribution in [1.82, 2.24) is 18.8 Å². The van der Waals surface area contributed by atoms with Crippen LogP contribution in [0.1, 0.15) is 0 Å². The molecule has 0 saturated heterocycles. The lowest BCUT2D eigenvalue weighted by molar-refractivity contribution is 1.17. The third kappa shape index (κ3) is 5.06. The Morgan fingerprint density at radius 3 is 1.25 bits per heavy atom. The molecule has 5 heterocycles. The van der Waals surface area contributed by atoms with Gasteiger partial charge in [0, 0.05) is 32.9 Å². The molecule has 0 amide bonds. The zero-order valence-electron chi connectivity index (χ0n) is 30.3. The number of rotatable bonds is 4. The average Bonchev–Trinajstić information content (AvgIpc) is 4.06. The number of hydrogen-bond donors (Lipinski definition) is 2. The molecule has 12 aromatic rings. The molecule has 56 heavy (non-hydrogen) atoms. The topological polar surface area (TPSA) is 57.5 Å². The number of fused-ring (bicyclic) bond motifs is 5. The van der Waals surface area contributed by atoms with Crippen LogP contribution in [0.4, 0.5) is 0 Å². The van der Waals surface area contributed by atoms with Crippen molar-refractivity contribution in [2.45, 2.75) is 0 Å². The van der Waals surface area contributed by atoms with Gasteiger partial charge in [-0.05, 0) is 58.7 Å². The molecular formula is C51H34N4O. The fourth-order valence-electron chi connectivity index (χ4n) is 8.40. The van der Waals surface area contributed by atoms with Gasteiger partial charge in [-0.2, -0.15) is 0 Å². The number of hydrogen-bond acceptors (Lipinski definition) is 1. The highest BCUT2D eigenvalue weighted by Crippen LogP contribution is 2.38. The van der Waals surface area contributed by atoms with Gasteiger partial charge in [0.15, 0.2) is 0 Å². The highest BCUT2D eigenvalue weighted by atomic mass is 16.1. The molecule has 0 aliphatic rings. The molecule has 0 atom stereocenters. The Bertz CT molecular complexity index is 3320. The fraction of sp³-hybridized carbons (Fsp3) is 0. The maximum atomic E-state index is 14.0. The summed E-state index contributed by atoms with van der Waals surface area (Å²) < 4.78 is 4.17. The van der Waals surface area contributed by atoms with Crippen LogP contribution in [0.2, 0.25) is 0 Å². The second-order valence-corrected chi connectivity index (χ2v) is 14.3. The van der Waals surface area contributed by atoms with E-state index in [4.69, 9.17) is 0 Å². The Labute approximate surface area is 321 Å². The lowest BCUT2D eigenvalue weighted by Gasteiger charge is -2.05. The number of nitrogens with zero attached hydrogens (tertiary/aromatic N) is 2. The van der Waals surface area contributed by atoms with Gasteiger partial charge in [0.25, 0.3) is 5.56 Å². The number of para-hydroxylation sites is 1. The predicted octanol–water partition coefficient (Wildman–Crippen LogP) is 12.6. The molecule has 7 aromatic carbocycles. The predicted molar refractivity (Wildman–Crippen MR) is 233 cm³/mol. The highest BCUT2D eigenvalue weighted by Gasteiger charge is 2.21. The SMILES string of the molecule is O=c1c2ccccc2n2c(-c3ccccc3)cc3ccc4cc(-c5ccccc5)n1c4c32.c1ccc(-c2cc3ccc4cc(-c5ccccc5)[nH]c4c3[nH]2)cc1. The third-order valence-electron chi connectivity index (χ3n) is 11.0. The third-order valence-corrected chi connectivity index (χ3v) is 11.0. The summed E-state index contributed by atoms with van der Waals surface area (Å²) in [5.41, 5.74) is 14.2. The van der Waals surface area contributed by atoms with E-state index in [9.17, 15) is 4.79 Å². The van der Waals surface area contributed by atoms with Gasteiger partial charge >= 0.3 is 0 Å². The van der Waals surface area contributed by atoms with E-state index in [2.05, 4.69) is 148 Å². The summed E-state index contributed by atoms with van der Waals surface area (Å²) in [7, 11) is 0. The smallest absolute Gasteiger partial charge is 0.265 e. The van der Waals surface area contributed by atoms with Gasteiger partial charge in [-0.3, -0.25) is 9.20 Å². The monoisotopic (exact) mass is 718 g/mol. The summed E-state index contributed by atoms with van der Waals surface area (Å²) in [5, 5.41) is 5.34. The molecule has 0 radical (unpaired) electrons. The average molecular weight is 719 g/mol. The molecule has 264 valence electrons. The van der Waals surface area contributed by atoms with E-state index in [1.54, 1.807) is 0 Å². The van der Waals surface area contributed by atoms with E-state index in [1.807, 2.05) is 65.1 Å². The first-order valence-electron chi connectivity index (χ1n) is 18.9. The van der Waals surface area contributed by atoms with Crippen molar-refractivity contribution in [3.63, 3.8) is 0 Å². The van der Waals surface area contributed by atoms with Gasteiger partial charge in [-0.25, -0.2) is 0 Å². The molecule has 0 saturated carbocycles. The number of H-pyrrole nitrogens is 2. The minimum atomic E-state index is 0.00432. The van der Waals surface area contributed by atoms with Crippen molar-refractivity contribution in [2.24, 2.45) is 0 Å². The van der Waals surface area contributed by atoms with Crippen LogP contribution in [-0.2, 0) is 0 Å². The van der Waals surface area contributed by atoms with Gasteiger partial charge in [-0.15, -0.1) is 0 Å². The Morgan fingerprint density at radius 2 is 0.750 bits per heavy atom. The summed E-state index contributed by atoms with van der Waals surface area (Å²) in [5.74, 6) is 0. The molecule has 0 bridgehead atoms. The highest BCUT2D eigenvalue weighted by molar-refractivity contribution is 6.10. The van der Waals surface area contributed by atoms with Crippen LogP contribution in [0, 0.1) is 0 Å². The molecule has 0 fully saturated rings. The first kappa shape index (κ1) is 31.9. The Morgan fingerprint density at radius 1 is 0.357 bits per heavy atom. The van der Waals surface area contributed by atoms with E-state index in [1.165, 1.54) is 21.9 Å². The summed E-state index contributed by atoms with van der Waals surface area (Å²) in [6.45, 7) is 0.